The number of hydrogen-bond acceptors (Lipinski definition) is 7. The van der Waals surface area contributed by atoms with Crippen LogP contribution in [0, 0.1) is 31.0 Å². The largest absolute Gasteiger partial charge is 0.351 e. The first-order valence-electron chi connectivity index (χ1n) is 13.4. The van der Waals surface area contributed by atoms with Gasteiger partial charge >= 0.3 is 0 Å². The van der Waals surface area contributed by atoms with Crippen molar-refractivity contribution in [3.05, 3.63) is 46.2 Å². The van der Waals surface area contributed by atoms with Gasteiger partial charge in [-0.3, -0.25) is 0 Å². The number of pyridine rings is 1. The molecule has 4 heterocycles. The van der Waals surface area contributed by atoms with E-state index in [9.17, 15) is 5.26 Å². The zero-order valence-electron chi connectivity index (χ0n) is 22.7. The molecule has 0 spiro atoms. The highest BCUT2D eigenvalue weighted by Crippen LogP contribution is 2.41. The summed E-state index contributed by atoms with van der Waals surface area (Å²) in [7, 11) is 4.13. The van der Waals surface area contributed by atoms with Crippen LogP contribution in [-0.2, 0) is 0 Å². The van der Waals surface area contributed by atoms with Crippen molar-refractivity contribution in [3.63, 3.8) is 0 Å². The Morgan fingerprint density at radius 1 is 1.21 bits per heavy atom. The summed E-state index contributed by atoms with van der Waals surface area (Å²) in [6, 6.07) is 10.5. The number of aromatic nitrogens is 4. The number of fused-ring (bicyclic) bond motifs is 3. The minimum Gasteiger partial charge on any atom is -0.351 e. The van der Waals surface area contributed by atoms with E-state index in [2.05, 4.69) is 45.6 Å². The number of anilines is 1. The maximum absolute atomic E-state index is 16.6. The summed E-state index contributed by atoms with van der Waals surface area (Å²) in [5, 5.41) is 23.2. The number of aryl methyl sites for hydroxylation is 2. The lowest BCUT2D eigenvalue weighted by molar-refractivity contribution is 0.246. The molecule has 2 saturated heterocycles. The second-order valence-corrected chi connectivity index (χ2v) is 11.5. The van der Waals surface area contributed by atoms with Crippen molar-refractivity contribution in [2.24, 2.45) is 0 Å². The Morgan fingerprint density at radius 2 is 2.00 bits per heavy atom. The van der Waals surface area contributed by atoms with Gasteiger partial charge in [0.1, 0.15) is 11.0 Å². The van der Waals surface area contributed by atoms with Crippen molar-refractivity contribution in [2.75, 3.05) is 38.6 Å². The van der Waals surface area contributed by atoms with Crippen LogP contribution in [0.15, 0.2) is 24.3 Å². The highest BCUT2D eigenvalue weighted by molar-refractivity contribution is 6.34. The van der Waals surface area contributed by atoms with Crippen LogP contribution >= 0.6 is 11.6 Å². The molecule has 2 atom stereocenters. The number of nitriles is 1. The molecule has 2 aliphatic heterocycles. The molecular formula is C29H32ClFN8. The van der Waals surface area contributed by atoms with Gasteiger partial charge in [0.15, 0.2) is 17.2 Å². The molecule has 2 fully saturated rings. The van der Waals surface area contributed by atoms with Gasteiger partial charge < -0.3 is 15.1 Å². The van der Waals surface area contributed by atoms with Crippen LogP contribution in [0.3, 0.4) is 0 Å². The van der Waals surface area contributed by atoms with Gasteiger partial charge in [-0.2, -0.15) is 5.26 Å². The molecular weight excluding hydrogens is 515 g/mol. The summed E-state index contributed by atoms with van der Waals surface area (Å²) >= 11 is 6.67. The predicted molar refractivity (Wildman–Crippen MR) is 153 cm³/mol. The molecule has 0 bridgehead atoms. The van der Waals surface area contributed by atoms with Crippen molar-refractivity contribution < 1.29 is 4.39 Å². The molecule has 0 unspecified atom stereocenters. The van der Waals surface area contributed by atoms with Crippen molar-refractivity contribution >= 4 is 39.4 Å². The van der Waals surface area contributed by atoms with E-state index < -0.39 is 0 Å². The lowest BCUT2D eigenvalue weighted by atomic mass is 9.95. The summed E-state index contributed by atoms with van der Waals surface area (Å²) in [6.45, 7) is 6.20. The number of halogens is 2. The molecule has 0 saturated carbocycles. The van der Waals surface area contributed by atoms with E-state index in [0.717, 1.165) is 49.1 Å². The minimum atomic E-state index is -0.384. The molecule has 202 valence electrons. The summed E-state index contributed by atoms with van der Waals surface area (Å²) in [6.07, 6.45) is 2.05. The van der Waals surface area contributed by atoms with Crippen LogP contribution < -0.4 is 10.2 Å². The van der Waals surface area contributed by atoms with Gasteiger partial charge in [-0.15, -0.1) is 5.10 Å². The number of benzene rings is 2. The maximum Gasteiger partial charge on any atom is 0.159 e. The Balaban J connectivity index is 1.58. The third kappa shape index (κ3) is 4.31. The number of piperidine rings is 1. The normalized spacial score (nSPS) is 20.1. The van der Waals surface area contributed by atoms with E-state index in [-0.39, 0.29) is 17.9 Å². The average Bonchev–Trinajstić information content (AvgIpc) is 3.32. The fourth-order valence-corrected chi connectivity index (χ4v) is 6.20. The number of rotatable bonds is 5. The summed E-state index contributed by atoms with van der Waals surface area (Å²) in [5.74, 6) is 0.277. The molecule has 2 aromatic carbocycles. The molecule has 0 amide bonds. The van der Waals surface area contributed by atoms with E-state index in [1.165, 1.54) is 0 Å². The molecule has 0 radical (unpaired) electrons. The Hall–Kier alpha value is -3.32. The molecule has 10 heteroatoms. The van der Waals surface area contributed by atoms with Gasteiger partial charge in [-0.25, -0.2) is 14.1 Å². The lowest BCUT2D eigenvalue weighted by Crippen LogP contribution is -2.57. The molecule has 1 N–H and O–H groups in total. The topological polar surface area (TPSA) is 85.9 Å². The van der Waals surface area contributed by atoms with Crippen LogP contribution in [0.4, 0.5) is 10.2 Å². The first-order valence-corrected chi connectivity index (χ1v) is 13.8. The SMILES string of the molecule is Cc1cccc(-c2c(C)cc3c(nc(N4CC(N(C)C)C4)c4nnn([C@H]5CCN[C@H](CC#N)C5)c43)c2F)c1Cl. The quantitative estimate of drug-likeness (QED) is 0.376. The smallest absolute Gasteiger partial charge is 0.159 e. The van der Waals surface area contributed by atoms with Crippen molar-refractivity contribution in [1.29, 1.82) is 5.26 Å². The van der Waals surface area contributed by atoms with E-state index >= 15 is 4.39 Å². The monoisotopic (exact) mass is 546 g/mol. The molecule has 6 rings (SSSR count). The van der Waals surface area contributed by atoms with Crippen molar-refractivity contribution in [3.8, 4) is 17.2 Å². The Morgan fingerprint density at radius 3 is 2.74 bits per heavy atom. The summed E-state index contributed by atoms with van der Waals surface area (Å²) < 4.78 is 18.6. The number of hydrogen-bond donors (Lipinski definition) is 1. The van der Waals surface area contributed by atoms with Gasteiger partial charge in [0.2, 0.25) is 0 Å². The molecule has 2 aromatic heterocycles. The van der Waals surface area contributed by atoms with Crippen molar-refractivity contribution in [2.45, 2.75) is 51.2 Å². The number of nitrogens with one attached hydrogen (secondary N) is 1. The van der Waals surface area contributed by atoms with Gasteiger partial charge in [-0.1, -0.05) is 35.0 Å². The fourth-order valence-electron chi connectivity index (χ4n) is 5.98. The maximum atomic E-state index is 16.6. The summed E-state index contributed by atoms with van der Waals surface area (Å²) in [5.41, 5.74) is 4.60. The van der Waals surface area contributed by atoms with Gasteiger partial charge in [-0.05, 0) is 64.5 Å². The van der Waals surface area contributed by atoms with Gasteiger partial charge in [0.05, 0.1) is 23.6 Å². The van der Waals surface area contributed by atoms with Gasteiger partial charge in [0.25, 0.3) is 0 Å². The van der Waals surface area contributed by atoms with Crippen LogP contribution in [0.25, 0.3) is 33.1 Å². The van der Waals surface area contributed by atoms with E-state index in [4.69, 9.17) is 16.6 Å². The molecule has 39 heavy (non-hydrogen) atoms. The van der Waals surface area contributed by atoms with Crippen molar-refractivity contribution in [1.82, 2.24) is 30.2 Å². The molecule has 8 nitrogen and oxygen atoms in total. The predicted octanol–water partition coefficient (Wildman–Crippen LogP) is 5.01. The Labute approximate surface area is 232 Å². The number of likely N-dealkylation sites (N-methyl/N-ethyl adjacent to an activating group) is 1. The average molecular weight is 547 g/mol. The number of nitrogens with zero attached hydrogens (tertiary/aromatic N) is 7. The Bertz CT molecular complexity index is 1620. The molecule has 2 aliphatic rings. The minimum absolute atomic E-state index is 0.0493. The first-order chi connectivity index (χ1) is 18.8. The molecule has 0 aliphatic carbocycles. The van der Waals surface area contributed by atoms with Gasteiger partial charge in [0, 0.05) is 41.7 Å². The highest BCUT2D eigenvalue weighted by atomic mass is 35.5. The van der Waals surface area contributed by atoms with Crippen LogP contribution in [0.5, 0.6) is 0 Å². The standard InChI is InChI=1S/C29H32ClFN8/c1-16-6-5-7-21(24(16)30)23-17(2)12-22-26(25(23)31)34-29(38-14-20(15-38)37(3)4)27-28(22)39(36-35-27)19-9-11-33-18(13-19)8-10-32/h5-7,12,18-20,33H,8-9,11,13-15H2,1-4H3/t18-,19+/m1/s1. The van der Waals surface area contributed by atoms with Crippen LogP contribution in [-0.4, -0.2) is 70.7 Å². The fraction of sp³-hybridized carbons (Fsp3) is 0.448. The zero-order chi connectivity index (χ0) is 27.4. The third-order valence-electron chi connectivity index (χ3n) is 8.32. The second kappa shape index (κ2) is 10.0. The highest BCUT2D eigenvalue weighted by Gasteiger charge is 2.34. The summed E-state index contributed by atoms with van der Waals surface area (Å²) in [4.78, 5) is 9.27. The third-order valence-corrected chi connectivity index (χ3v) is 8.82. The van der Waals surface area contributed by atoms with Crippen LogP contribution in [0.1, 0.15) is 36.4 Å². The van der Waals surface area contributed by atoms with E-state index in [0.29, 0.717) is 50.8 Å². The van der Waals surface area contributed by atoms with E-state index in [1.54, 1.807) is 0 Å². The Kier molecular flexibility index (Phi) is 6.66. The van der Waals surface area contributed by atoms with Crippen LogP contribution in [0.2, 0.25) is 5.02 Å². The first kappa shape index (κ1) is 25.9. The lowest BCUT2D eigenvalue weighted by Gasteiger charge is -2.43. The van der Waals surface area contributed by atoms with E-state index in [1.807, 2.05) is 42.8 Å². The zero-order valence-corrected chi connectivity index (χ0v) is 23.4. The molecule has 4 aromatic rings. The second-order valence-electron chi connectivity index (χ2n) is 11.1.